The van der Waals surface area contributed by atoms with Gasteiger partial charge in [-0.25, -0.2) is 0 Å². The molecule has 0 bridgehead atoms. The van der Waals surface area contributed by atoms with Crippen LogP contribution in [0.15, 0.2) is 28.0 Å². The SMILES string of the molecule is CCCC1=Cc2c(CC)cccc2S1(OS(=O)(=O)C(F)(F)F)C(F)(F)F. The van der Waals surface area contributed by atoms with Gasteiger partial charge in [-0.05, 0) is 36.1 Å². The van der Waals surface area contributed by atoms with E-state index < -0.39 is 41.2 Å². The molecule has 0 fully saturated rings. The van der Waals surface area contributed by atoms with Crippen molar-refractivity contribution >= 4 is 26.5 Å². The first-order chi connectivity index (χ1) is 11.8. The van der Waals surface area contributed by atoms with Crippen LogP contribution in [0.2, 0.25) is 0 Å². The molecule has 0 amide bonds. The van der Waals surface area contributed by atoms with E-state index in [1.54, 1.807) is 19.9 Å². The standard InChI is InChI=1S/C15H16F6O3S2/c1-3-6-11-9-12-10(4-2)7-5-8-13(12)25(11,14(16,17)18)24-26(22,23)15(19,20)21/h5,7-9H,3-4,6H2,1-2H3. The molecule has 0 radical (unpaired) electrons. The van der Waals surface area contributed by atoms with Gasteiger partial charge >= 0.3 is 21.1 Å². The molecule has 26 heavy (non-hydrogen) atoms. The number of alkyl halides is 6. The first-order valence-corrected chi connectivity index (χ1v) is 10.5. The molecule has 2 rings (SSSR count). The summed E-state index contributed by atoms with van der Waals surface area (Å²) in [5.74, 6) is 0. The number of hydrogen-bond donors (Lipinski definition) is 0. The molecule has 1 unspecified atom stereocenters. The van der Waals surface area contributed by atoms with E-state index in [4.69, 9.17) is 0 Å². The van der Waals surface area contributed by atoms with Crippen LogP contribution in [-0.4, -0.2) is 19.4 Å². The fraction of sp³-hybridized carbons (Fsp3) is 0.467. The average molecular weight is 422 g/mol. The number of halogens is 6. The highest BCUT2D eigenvalue weighted by Gasteiger charge is 2.64. The van der Waals surface area contributed by atoms with E-state index in [-0.39, 0.29) is 18.4 Å². The van der Waals surface area contributed by atoms with Gasteiger partial charge in [0.15, 0.2) is 0 Å². The Labute approximate surface area is 148 Å². The fourth-order valence-electron chi connectivity index (χ4n) is 2.72. The molecule has 0 saturated heterocycles. The van der Waals surface area contributed by atoms with E-state index in [9.17, 15) is 34.8 Å². The van der Waals surface area contributed by atoms with Crippen molar-refractivity contribution in [2.24, 2.45) is 0 Å². The van der Waals surface area contributed by atoms with Crippen LogP contribution in [0.1, 0.15) is 37.8 Å². The summed E-state index contributed by atoms with van der Waals surface area (Å²) in [5, 5.41) is 0. The van der Waals surface area contributed by atoms with Gasteiger partial charge in [0.1, 0.15) is 0 Å². The van der Waals surface area contributed by atoms with E-state index in [1.165, 1.54) is 6.07 Å². The molecule has 1 atom stereocenters. The molecule has 0 N–H and O–H groups in total. The van der Waals surface area contributed by atoms with Crippen LogP contribution in [0.25, 0.3) is 6.08 Å². The van der Waals surface area contributed by atoms with Gasteiger partial charge in [0.05, 0.1) is 0 Å². The molecule has 1 aromatic rings. The third-order valence-corrected chi connectivity index (χ3v) is 8.61. The zero-order valence-corrected chi connectivity index (χ0v) is 15.4. The molecule has 1 heterocycles. The molecule has 0 spiro atoms. The lowest BCUT2D eigenvalue weighted by Crippen LogP contribution is -2.32. The maximum Gasteiger partial charge on any atom is 0.523 e. The highest BCUT2D eigenvalue weighted by Crippen LogP contribution is 2.79. The van der Waals surface area contributed by atoms with Crippen molar-refractivity contribution in [1.29, 1.82) is 0 Å². The molecule has 0 saturated carbocycles. The first-order valence-electron chi connectivity index (χ1n) is 7.56. The van der Waals surface area contributed by atoms with E-state index in [1.807, 2.05) is 0 Å². The minimum absolute atomic E-state index is 0.0862. The molecule has 1 aliphatic rings. The maximum atomic E-state index is 14.1. The lowest BCUT2D eigenvalue weighted by molar-refractivity contribution is -0.0546. The summed E-state index contributed by atoms with van der Waals surface area (Å²) in [7, 11) is -11.3. The van der Waals surface area contributed by atoms with Crippen molar-refractivity contribution in [3.05, 3.63) is 34.2 Å². The number of aryl methyl sites for hydroxylation is 1. The maximum absolute atomic E-state index is 14.1. The van der Waals surface area contributed by atoms with Crippen LogP contribution < -0.4 is 0 Å². The highest BCUT2D eigenvalue weighted by atomic mass is 32.3. The molecule has 1 aromatic carbocycles. The van der Waals surface area contributed by atoms with Crippen molar-refractivity contribution in [2.45, 2.75) is 49.0 Å². The smallest absolute Gasteiger partial charge is 0.196 e. The van der Waals surface area contributed by atoms with Gasteiger partial charge in [-0.15, -0.1) is 0 Å². The molecule has 0 aromatic heterocycles. The van der Waals surface area contributed by atoms with Crippen molar-refractivity contribution in [3.63, 3.8) is 0 Å². The normalized spacial score (nSPS) is 23.3. The second-order valence-electron chi connectivity index (χ2n) is 5.51. The summed E-state index contributed by atoms with van der Waals surface area (Å²) in [4.78, 5) is -1.03. The summed E-state index contributed by atoms with van der Waals surface area (Å²) in [5.41, 5.74) is -10.7. The molecule has 0 aliphatic carbocycles. The van der Waals surface area contributed by atoms with Gasteiger partial charge in [-0.3, -0.25) is 0 Å². The van der Waals surface area contributed by atoms with Crippen LogP contribution in [0.5, 0.6) is 0 Å². The van der Waals surface area contributed by atoms with Crippen molar-refractivity contribution < 1.29 is 38.4 Å². The Kier molecular flexibility index (Phi) is 5.48. The Bertz CT molecular complexity index is 827. The third kappa shape index (κ3) is 3.24. The van der Waals surface area contributed by atoms with Crippen LogP contribution in [0.3, 0.4) is 0 Å². The number of benzene rings is 1. The lowest BCUT2D eigenvalue weighted by atomic mass is 10.0. The predicted octanol–water partition coefficient (Wildman–Crippen LogP) is 5.87. The summed E-state index contributed by atoms with van der Waals surface area (Å²) in [6, 6.07) is 3.79. The topological polar surface area (TPSA) is 43.4 Å². The Hall–Kier alpha value is -1.20. The number of hydrogen-bond acceptors (Lipinski definition) is 3. The number of fused-ring (bicyclic) bond motifs is 1. The summed E-state index contributed by atoms with van der Waals surface area (Å²) in [6.07, 6.45) is 1.41. The van der Waals surface area contributed by atoms with Crippen LogP contribution in [-0.2, 0) is 20.2 Å². The molecule has 148 valence electrons. The van der Waals surface area contributed by atoms with Gasteiger partial charge in [-0.2, -0.15) is 38.4 Å². The van der Waals surface area contributed by atoms with Gasteiger partial charge in [0.25, 0.3) is 0 Å². The molecular formula is C15H16F6O3S2. The second-order valence-corrected chi connectivity index (χ2v) is 9.97. The zero-order valence-electron chi connectivity index (χ0n) is 13.7. The summed E-state index contributed by atoms with van der Waals surface area (Å²) < 4.78 is 108. The van der Waals surface area contributed by atoms with Crippen molar-refractivity contribution in [3.8, 4) is 0 Å². The second kappa shape index (κ2) is 6.75. The molecule has 11 heteroatoms. The monoisotopic (exact) mass is 422 g/mol. The van der Waals surface area contributed by atoms with E-state index in [0.717, 1.165) is 12.1 Å². The summed E-state index contributed by atoms with van der Waals surface area (Å²) in [6.45, 7) is 3.22. The molecular weight excluding hydrogens is 406 g/mol. The minimum atomic E-state index is -6.46. The molecule has 3 nitrogen and oxygen atoms in total. The summed E-state index contributed by atoms with van der Waals surface area (Å²) >= 11 is 0. The Morgan fingerprint density at radius 2 is 1.69 bits per heavy atom. The van der Waals surface area contributed by atoms with Gasteiger partial charge in [0, 0.05) is 20.1 Å². The van der Waals surface area contributed by atoms with Crippen molar-refractivity contribution in [2.75, 3.05) is 0 Å². The first kappa shape index (κ1) is 21.1. The number of rotatable bonds is 5. The van der Waals surface area contributed by atoms with E-state index in [0.29, 0.717) is 12.0 Å². The van der Waals surface area contributed by atoms with Crippen LogP contribution in [0, 0.1) is 0 Å². The van der Waals surface area contributed by atoms with Gasteiger partial charge in [-0.1, -0.05) is 32.4 Å². The average Bonchev–Trinajstić information content (AvgIpc) is 2.80. The largest absolute Gasteiger partial charge is 0.523 e. The Morgan fingerprint density at radius 1 is 1.08 bits per heavy atom. The minimum Gasteiger partial charge on any atom is -0.196 e. The Morgan fingerprint density at radius 3 is 2.15 bits per heavy atom. The Balaban J connectivity index is 2.82. The van der Waals surface area contributed by atoms with Crippen LogP contribution >= 0.6 is 10.3 Å². The van der Waals surface area contributed by atoms with Gasteiger partial charge < -0.3 is 0 Å². The third-order valence-electron chi connectivity index (χ3n) is 3.82. The number of allylic oxidation sites excluding steroid dienone is 1. The van der Waals surface area contributed by atoms with Gasteiger partial charge in [0.2, 0.25) is 0 Å². The van der Waals surface area contributed by atoms with Crippen LogP contribution in [0.4, 0.5) is 26.3 Å². The quantitative estimate of drug-likeness (QED) is 0.440. The van der Waals surface area contributed by atoms with E-state index >= 15 is 0 Å². The molecule has 1 aliphatic heterocycles. The van der Waals surface area contributed by atoms with Crippen molar-refractivity contribution in [1.82, 2.24) is 0 Å². The predicted molar refractivity (Wildman–Crippen MR) is 86.7 cm³/mol. The lowest BCUT2D eigenvalue weighted by Gasteiger charge is -2.39. The highest BCUT2D eigenvalue weighted by molar-refractivity contribution is 8.37. The zero-order chi connectivity index (χ0) is 20.0. The van der Waals surface area contributed by atoms with E-state index in [2.05, 4.69) is 3.63 Å². The fourth-order valence-corrected chi connectivity index (χ4v) is 7.43.